The summed E-state index contributed by atoms with van der Waals surface area (Å²) < 4.78 is 5.82. The summed E-state index contributed by atoms with van der Waals surface area (Å²) in [6, 6.07) is 9.84. The Morgan fingerprint density at radius 2 is 2.14 bits per heavy atom. The Morgan fingerprint density at radius 3 is 2.91 bits per heavy atom. The molecule has 1 saturated heterocycles. The van der Waals surface area contributed by atoms with Gasteiger partial charge in [-0.2, -0.15) is 0 Å². The molecule has 2 aromatic rings. The third-order valence-electron chi connectivity index (χ3n) is 3.76. The molecule has 1 unspecified atom stereocenters. The predicted molar refractivity (Wildman–Crippen MR) is 82.4 cm³/mol. The van der Waals surface area contributed by atoms with Crippen LogP contribution < -0.4 is 4.74 Å². The summed E-state index contributed by atoms with van der Waals surface area (Å²) in [7, 11) is 0. The molecule has 1 aliphatic rings. The average Bonchev–Trinajstić information content (AvgIpc) is 2.57. The molecule has 1 atom stereocenters. The summed E-state index contributed by atoms with van der Waals surface area (Å²) in [5.74, 6) is 0.670. The third kappa shape index (κ3) is 3.81. The number of hydrogen-bond donors (Lipinski definition) is 0. The quantitative estimate of drug-likeness (QED) is 0.867. The highest BCUT2D eigenvalue weighted by molar-refractivity contribution is 5.78. The van der Waals surface area contributed by atoms with Gasteiger partial charge in [0.2, 0.25) is 11.8 Å². The standard InChI is InChI=1S/C17H19N3O2/c21-17(11-14-5-2-1-3-6-14)20-10-4-7-15(13-20)22-16-12-18-8-9-19-16/h1-3,5-6,8-9,12,15H,4,7,10-11,13H2. The van der Waals surface area contributed by atoms with Crippen molar-refractivity contribution in [2.75, 3.05) is 13.1 Å². The maximum atomic E-state index is 12.4. The van der Waals surface area contributed by atoms with E-state index in [9.17, 15) is 4.79 Å². The number of piperidine rings is 1. The minimum Gasteiger partial charge on any atom is -0.471 e. The lowest BCUT2D eigenvalue weighted by molar-refractivity contribution is -0.133. The molecule has 0 bridgehead atoms. The van der Waals surface area contributed by atoms with Crippen molar-refractivity contribution in [1.29, 1.82) is 0 Å². The van der Waals surface area contributed by atoms with Crippen LogP contribution in [0.5, 0.6) is 5.88 Å². The van der Waals surface area contributed by atoms with Crippen molar-refractivity contribution < 1.29 is 9.53 Å². The van der Waals surface area contributed by atoms with Gasteiger partial charge in [0.1, 0.15) is 6.10 Å². The lowest BCUT2D eigenvalue weighted by Crippen LogP contribution is -2.45. The Bertz CT molecular complexity index is 604. The first-order valence-corrected chi connectivity index (χ1v) is 7.55. The third-order valence-corrected chi connectivity index (χ3v) is 3.76. The fourth-order valence-electron chi connectivity index (χ4n) is 2.66. The van der Waals surface area contributed by atoms with Crippen LogP contribution in [0.2, 0.25) is 0 Å². The van der Waals surface area contributed by atoms with Gasteiger partial charge in [-0.25, -0.2) is 4.98 Å². The number of nitrogens with zero attached hydrogens (tertiary/aromatic N) is 3. The average molecular weight is 297 g/mol. The van der Waals surface area contributed by atoms with E-state index in [-0.39, 0.29) is 12.0 Å². The largest absolute Gasteiger partial charge is 0.471 e. The predicted octanol–water partition coefficient (Wildman–Crippen LogP) is 2.09. The molecule has 3 rings (SSSR count). The molecule has 5 nitrogen and oxygen atoms in total. The number of aromatic nitrogens is 2. The van der Waals surface area contributed by atoms with Crippen molar-refractivity contribution in [1.82, 2.24) is 14.9 Å². The summed E-state index contributed by atoms with van der Waals surface area (Å²) in [4.78, 5) is 22.4. The van der Waals surface area contributed by atoms with Gasteiger partial charge >= 0.3 is 0 Å². The second-order valence-electron chi connectivity index (χ2n) is 5.43. The number of benzene rings is 1. The van der Waals surface area contributed by atoms with E-state index in [4.69, 9.17) is 4.74 Å². The summed E-state index contributed by atoms with van der Waals surface area (Å²) in [5.41, 5.74) is 1.05. The van der Waals surface area contributed by atoms with E-state index in [1.165, 1.54) is 0 Å². The Kier molecular flexibility index (Phi) is 4.63. The van der Waals surface area contributed by atoms with E-state index in [2.05, 4.69) is 9.97 Å². The van der Waals surface area contributed by atoms with Gasteiger partial charge in [-0.1, -0.05) is 30.3 Å². The number of rotatable bonds is 4. The summed E-state index contributed by atoms with van der Waals surface area (Å²) in [6.45, 7) is 1.41. The van der Waals surface area contributed by atoms with E-state index in [0.29, 0.717) is 18.8 Å². The van der Waals surface area contributed by atoms with E-state index >= 15 is 0 Å². The molecule has 1 fully saturated rings. The SMILES string of the molecule is O=C(Cc1ccccc1)N1CCCC(Oc2cnccn2)C1. The number of carbonyl (C=O) groups excluding carboxylic acids is 1. The van der Waals surface area contributed by atoms with Crippen LogP contribution in [0.15, 0.2) is 48.9 Å². The number of likely N-dealkylation sites (tertiary alicyclic amines) is 1. The Morgan fingerprint density at radius 1 is 1.27 bits per heavy atom. The van der Waals surface area contributed by atoms with Crippen LogP contribution in [0, 0.1) is 0 Å². The Balaban J connectivity index is 1.57. The van der Waals surface area contributed by atoms with Gasteiger partial charge in [-0.3, -0.25) is 9.78 Å². The van der Waals surface area contributed by atoms with Gasteiger partial charge in [0.15, 0.2) is 0 Å². The molecular weight excluding hydrogens is 278 g/mol. The molecule has 0 saturated carbocycles. The van der Waals surface area contributed by atoms with Crippen molar-refractivity contribution in [2.24, 2.45) is 0 Å². The number of hydrogen-bond acceptors (Lipinski definition) is 4. The fourth-order valence-corrected chi connectivity index (χ4v) is 2.66. The van der Waals surface area contributed by atoms with Gasteiger partial charge in [0.25, 0.3) is 0 Å². The fraction of sp³-hybridized carbons (Fsp3) is 0.353. The van der Waals surface area contributed by atoms with Gasteiger partial charge in [0, 0.05) is 18.9 Å². The number of carbonyl (C=O) groups is 1. The van der Waals surface area contributed by atoms with Crippen LogP contribution in [0.25, 0.3) is 0 Å². The van der Waals surface area contributed by atoms with Crippen LogP contribution in [-0.2, 0) is 11.2 Å². The first-order chi connectivity index (χ1) is 10.8. The molecule has 1 aliphatic heterocycles. The Labute approximate surface area is 130 Å². The minimum absolute atomic E-state index is 0.00910. The van der Waals surface area contributed by atoms with Crippen molar-refractivity contribution in [2.45, 2.75) is 25.4 Å². The highest BCUT2D eigenvalue weighted by Gasteiger charge is 2.25. The molecule has 5 heteroatoms. The first-order valence-electron chi connectivity index (χ1n) is 7.55. The number of ether oxygens (including phenoxy) is 1. The van der Waals surface area contributed by atoms with Crippen molar-refractivity contribution in [3.05, 3.63) is 54.5 Å². The van der Waals surface area contributed by atoms with E-state index in [0.717, 1.165) is 24.9 Å². The molecule has 22 heavy (non-hydrogen) atoms. The van der Waals surface area contributed by atoms with Crippen molar-refractivity contribution >= 4 is 5.91 Å². The second kappa shape index (κ2) is 7.02. The lowest BCUT2D eigenvalue weighted by Gasteiger charge is -2.32. The molecule has 0 spiro atoms. The molecule has 0 aliphatic carbocycles. The highest BCUT2D eigenvalue weighted by Crippen LogP contribution is 2.17. The van der Waals surface area contributed by atoms with Crippen molar-refractivity contribution in [3.63, 3.8) is 0 Å². The van der Waals surface area contributed by atoms with E-state index in [1.807, 2.05) is 35.2 Å². The normalized spacial score (nSPS) is 18.0. The monoisotopic (exact) mass is 297 g/mol. The second-order valence-corrected chi connectivity index (χ2v) is 5.43. The van der Waals surface area contributed by atoms with Crippen LogP contribution in [0.1, 0.15) is 18.4 Å². The van der Waals surface area contributed by atoms with Crippen LogP contribution in [-0.4, -0.2) is 40.0 Å². The molecule has 0 radical (unpaired) electrons. The van der Waals surface area contributed by atoms with Crippen LogP contribution in [0.4, 0.5) is 0 Å². The number of amides is 1. The zero-order valence-corrected chi connectivity index (χ0v) is 12.4. The molecular formula is C17H19N3O2. The summed E-state index contributed by atoms with van der Waals surface area (Å²) >= 11 is 0. The molecule has 2 heterocycles. The maximum absolute atomic E-state index is 12.4. The maximum Gasteiger partial charge on any atom is 0.232 e. The molecule has 114 valence electrons. The van der Waals surface area contributed by atoms with Crippen LogP contribution in [0.3, 0.4) is 0 Å². The van der Waals surface area contributed by atoms with Gasteiger partial charge in [0.05, 0.1) is 19.2 Å². The zero-order valence-electron chi connectivity index (χ0n) is 12.4. The molecule has 1 amide bonds. The zero-order chi connectivity index (χ0) is 15.2. The van der Waals surface area contributed by atoms with Crippen LogP contribution >= 0.6 is 0 Å². The first kappa shape index (κ1) is 14.5. The smallest absolute Gasteiger partial charge is 0.232 e. The van der Waals surface area contributed by atoms with E-state index < -0.39 is 0 Å². The van der Waals surface area contributed by atoms with Gasteiger partial charge in [-0.05, 0) is 18.4 Å². The van der Waals surface area contributed by atoms with Crippen molar-refractivity contribution in [3.8, 4) is 5.88 Å². The van der Waals surface area contributed by atoms with E-state index in [1.54, 1.807) is 18.6 Å². The molecule has 0 N–H and O–H groups in total. The minimum atomic E-state index is -0.00910. The summed E-state index contributed by atoms with van der Waals surface area (Å²) in [6.07, 6.45) is 7.14. The van der Waals surface area contributed by atoms with Gasteiger partial charge in [-0.15, -0.1) is 0 Å². The van der Waals surface area contributed by atoms with Gasteiger partial charge < -0.3 is 9.64 Å². The Hall–Kier alpha value is -2.43. The molecule has 1 aromatic carbocycles. The highest BCUT2D eigenvalue weighted by atomic mass is 16.5. The lowest BCUT2D eigenvalue weighted by atomic mass is 10.1. The molecule has 1 aromatic heterocycles. The summed E-state index contributed by atoms with van der Waals surface area (Å²) in [5, 5.41) is 0. The topological polar surface area (TPSA) is 55.3 Å².